The van der Waals surface area contributed by atoms with Gasteiger partial charge in [-0.3, -0.25) is 14.5 Å². The highest BCUT2D eigenvalue weighted by Gasteiger charge is 2.43. The van der Waals surface area contributed by atoms with E-state index in [1.54, 1.807) is 10.5 Å². The minimum atomic E-state index is -4.67. The Bertz CT molecular complexity index is 1690. The molecule has 3 fully saturated rings. The molecule has 234 valence electrons. The Morgan fingerprint density at radius 3 is 2.47 bits per heavy atom. The molecule has 1 amide bonds. The maximum Gasteiger partial charge on any atom is 0.445 e. The lowest BCUT2D eigenvalue weighted by molar-refractivity contribution is -0.138. The van der Waals surface area contributed by atoms with Crippen LogP contribution in [0.4, 0.5) is 18.9 Å². The molecule has 11 nitrogen and oxygen atoms in total. The van der Waals surface area contributed by atoms with E-state index >= 15 is 0 Å². The van der Waals surface area contributed by atoms with Gasteiger partial charge in [-0.25, -0.2) is 18.1 Å². The highest BCUT2D eigenvalue weighted by Crippen LogP contribution is 2.47. The Kier molecular flexibility index (Phi) is 7.10. The third-order valence-corrected chi connectivity index (χ3v) is 10.5. The van der Waals surface area contributed by atoms with E-state index in [2.05, 4.69) is 25.6 Å². The highest BCUT2D eigenvalue weighted by molar-refractivity contribution is 7.89. The Labute approximate surface area is 251 Å². The van der Waals surface area contributed by atoms with Crippen molar-refractivity contribution in [2.75, 3.05) is 18.0 Å². The molecule has 4 heterocycles. The second-order valence-electron chi connectivity index (χ2n) is 13.1. The van der Waals surface area contributed by atoms with Crippen LogP contribution < -0.4 is 20.3 Å². The van der Waals surface area contributed by atoms with Crippen LogP contribution in [0.2, 0.25) is 0 Å². The van der Waals surface area contributed by atoms with Crippen LogP contribution in [0.1, 0.15) is 76.9 Å². The first kappa shape index (κ1) is 30.2. The van der Waals surface area contributed by atoms with Gasteiger partial charge in [-0.15, -0.1) is 10.2 Å². The number of anilines is 1. The van der Waals surface area contributed by atoms with Gasteiger partial charge in [0.2, 0.25) is 20.9 Å². The van der Waals surface area contributed by atoms with Crippen molar-refractivity contribution in [3.05, 3.63) is 23.0 Å². The molecule has 3 aliphatic rings. The molecular formula is C27H35F3N8O3S2. The Morgan fingerprint density at radius 1 is 1.19 bits per heavy atom. The van der Waals surface area contributed by atoms with E-state index < -0.39 is 38.3 Å². The molecule has 6 rings (SSSR count). The second kappa shape index (κ2) is 10.1. The zero-order valence-electron chi connectivity index (χ0n) is 24.5. The fraction of sp³-hybridized carbons (Fsp3) is 0.630. The minimum Gasteiger partial charge on any atom is -0.365 e. The maximum absolute atomic E-state index is 13.7. The SMILES string of the molecule is CC(C)NC(=O)[C@H]1CN(c2cc(S(=O)(=O)NC3(C)CC3)cn3c(-c4nnc(C(F)(F)F)s4)c(C4CC4)nc23)CC(C)(C)N1. The monoisotopic (exact) mass is 640 g/mol. The molecule has 2 aliphatic carbocycles. The van der Waals surface area contributed by atoms with Gasteiger partial charge >= 0.3 is 6.18 Å². The Morgan fingerprint density at radius 2 is 1.88 bits per heavy atom. The number of fused-ring (bicyclic) bond motifs is 1. The average Bonchev–Trinajstić information content (AvgIpc) is 3.75. The number of hydrogen-bond acceptors (Lipinski definition) is 9. The molecule has 1 aliphatic heterocycles. The predicted molar refractivity (Wildman–Crippen MR) is 156 cm³/mol. The van der Waals surface area contributed by atoms with Gasteiger partial charge in [-0.2, -0.15) is 13.2 Å². The van der Waals surface area contributed by atoms with Crippen molar-refractivity contribution in [3.63, 3.8) is 0 Å². The van der Waals surface area contributed by atoms with Gasteiger partial charge in [-0.1, -0.05) is 11.3 Å². The zero-order valence-corrected chi connectivity index (χ0v) is 26.2. The van der Waals surface area contributed by atoms with Crippen molar-refractivity contribution in [1.82, 2.24) is 34.9 Å². The summed E-state index contributed by atoms with van der Waals surface area (Å²) in [7, 11) is -4.03. The van der Waals surface area contributed by atoms with Crippen LogP contribution in [0.3, 0.4) is 0 Å². The number of aromatic nitrogens is 4. The highest BCUT2D eigenvalue weighted by atomic mass is 32.2. The summed E-state index contributed by atoms with van der Waals surface area (Å²) in [5.41, 5.74) is 0.630. The number of imidazole rings is 1. The Balaban J connectivity index is 1.54. The van der Waals surface area contributed by atoms with Gasteiger partial charge in [0.05, 0.1) is 11.4 Å². The summed E-state index contributed by atoms with van der Waals surface area (Å²) in [5.74, 6) is -0.180. The van der Waals surface area contributed by atoms with Crippen molar-refractivity contribution < 1.29 is 26.4 Å². The number of carbonyl (C=O) groups is 1. The largest absolute Gasteiger partial charge is 0.445 e. The van der Waals surface area contributed by atoms with Crippen LogP contribution in [-0.2, 0) is 21.0 Å². The molecule has 0 unspecified atom stereocenters. The average molecular weight is 641 g/mol. The summed E-state index contributed by atoms with van der Waals surface area (Å²) in [6.07, 6.45) is -0.246. The molecule has 3 N–H and O–H groups in total. The number of sulfonamides is 1. The Hall–Kier alpha value is -2.82. The number of nitrogens with one attached hydrogen (secondary N) is 3. The zero-order chi connectivity index (χ0) is 31.1. The van der Waals surface area contributed by atoms with Crippen LogP contribution in [0.25, 0.3) is 16.3 Å². The van der Waals surface area contributed by atoms with Crippen LogP contribution in [-0.4, -0.2) is 70.2 Å². The lowest BCUT2D eigenvalue weighted by atomic mass is 9.97. The molecule has 1 atom stereocenters. The summed E-state index contributed by atoms with van der Waals surface area (Å²) in [5, 5.41) is 12.5. The van der Waals surface area contributed by atoms with Gasteiger partial charge in [0, 0.05) is 42.3 Å². The summed E-state index contributed by atoms with van der Waals surface area (Å²) < 4.78 is 72.3. The molecule has 3 aromatic rings. The maximum atomic E-state index is 13.7. The fourth-order valence-electron chi connectivity index (χ4n) is 5.50. The molecule has 0 bridgehead atoms. The summed E-state index contributed by atoms with van der Waals surface area (Å²) in [6, 6.07) is 0.869. The molecule has 1 saturated heterocycles. The fourth-order valence-corrected chi connectivity index (χ4v) is 7.75. The molecule has 16 heteroatoms. The molecule has 0 aromatic carbocycles. The normalized spacial score (nSPS) is 21.9. The van der Waals surface area contributed by atoms with E-state index in [1.807, 2.05) is 39.5 Å². The van der Waals surface area contributed by atoms with Gasteiger partial charge in [0.15, 0.2) is 10.7 Å². The number of pyridine rings is 1. The van der Waals surface area contributed by atoms with E-state index in [0.29, 0.717) is 53.4 Å². The number of carbonyl (C=O) groups excluding carboxylic acids is 1. The van der Waals surface area contributed by atoms with E-state index in [9.17, 15) is 26.4 Å². The first-order chi connectivity index (χ1) is 19.9. The third-order valence-electron chi connectivity index (χ3n) is 7.87. The number of alkyl halides is 3. The van der Waals surface area contributed by atoms with Crippen molar-refractivity contribution >= 4 is 38.6 Å². The number of rotatable bonds is 8. The molecular weight excluding hydrogens is 605 g/mol. The first-order valence-electron chi connectivity index (χ1n) is 14.3. The molecule has 0 spiro atoms. The quantitative estimate of drug-likeness (QED) is 0.340. The smallest absolute Gasteiger partial charge is 0.365 e. The van der Waals surface area contributed by atoms with E-state index in [0.717, 1.165) is 12.8 Å². The molecule has 43 heavy (non-hydrogen) atoms. The van der Waals surface area contributed by atoms with Gasteiger partial charge in [0.25, 0.3) is 0 Å². The van der Waals surface area contributed by atoms with Crippen LogP contribution >= 0.6 is 11.3 Å². The van der Waals surface area contributed by atoms with Gasteiger partial charge in [0.1, 0.15) is 16.6 Å². The number of hydrogen-bond donors (Lipinski definition) is 3. The molecule has 2 saturated carbocycles. The lowest BCUT2D eigenvalue weighted by Gasteiger charge is -2.44. The number of nitrogens with zero attached hydrogens (tertiary/aromatic N) is 5. The van der Waals surface area contributed by atoms with Gasteiger partial charge < -0.3 is 10.2 Å². The predicted octanol–water partition coefficient (Wildman–Crippen LogP) is 3.66. The molecule has 3 aromatic heterocycles. The third kappa shape index (κ3) is 6.11. The van der Waals surface area contributed by atoms with E-state index in [-0.39, 0.29) is 34.3 Å². The summed E-state index contributed by atoms with van der Waals surface area (Å²) in [4.78, 5) is 19.9. The lowest BCUT2D eigenvalue weighted by Crippen LogP contribution is -2.66. The number of amides is 1. The standard InChI is InChI=1S/C27H35F3N8O3S2/c1-14(2)31-22(39)17-12-37(13-25(3,4)33-17)18-10-16(43(40,41)36-26(5)8-9-26)11-38-20(19(15-6-7-15)32-21(18)38)23-34-35-24(42-23)27(28,29)30/h10-11,14-15,17,33,36H,6-9,12-13H2,1-5H3,(H,31,39)/t17-/m1/s1. The van der Waals surface area contributed by atoms with Crippen LogP contribution in [0.5, 0.6) is 0 Å². The van der Waals surface area contributed by atoms with Crippen LogP contribution in [0, 0.1) is 0 Å². The summed E-state index contributed by atoms with van der Waals surface area (Å²) in [6.45, 7) is 10.1. The van der Waals surface area contributed by atoms with Crippen molar-refractivity contribution in [2.24, 2.45) is 0 Å². The van der Waals surface area contributed by atoms with Crippen molar-refractivity contribution in [2.45, 2.75) is 100 Å². The topological polar surface area (TPSA) is 134 Å². The number of halogens is 3. The molecule has 0 radical (unpaired) electrons. The van der Waals surface area contributed by atoms with Crippen molar-refractivity contribution in [1.29, 1.82) is 0 Å². The summed E-state index contributed by atoms with van der Waals surface area (Å²) >= 11 is 0.407. The second-order valence-corrected chi connectivity index (χ2v) is 15.7. The van der Waals surface area contributed by atoms with E-state index in [1.165, 1.54) is 6.20 Å². The van der Waals surface area contributed by atoms with Crippen LogP contribution in [0.15, 0.2) is 17.2 Å². The van der Waals surface area contributed by atoms with E-state index in [4.69, 9.17) is 4.98 Å². The van der Waals surface area contributed by atoms with Gasteiger partial charge in [-0.05, 0) is 66.4 Å². The minimum absolute atomic E-state index is 0.00794. The van der Waals surface area contributed by atoms with Crippen molar-refractivity contribution in [3.8, 4) is 10.7 Å². The number of piperazine rings is 1. The first-order valence-corrected chi connectivity index (χ1v) is 16.6.